The van der Waals surface area contributed by atoms with E-state index in [-0.39, 0.29) is 24.2 Å². The molecule has 0 amide bonds. The largest absolute Gasteiger partial charge is 0.466 e. The van der Waals surface area contributed by atoms with Gasteiger partial charge in [0.2, 0.25) is 0 Å². The van der Waals surface area contributed by atoms with E-state index in [1.165, 1.54) is 6.07 Å². The predicted octanol–water partition coefficient (Wildman–Crippen LogP) is 3.65. The van der Waals surface area contributed by atoms with Gasteiger partial charge in [-0.15, -0.1) is 0 Å². The molecule has 0 radical (unpaired) electrons. The third-order valence-electron chi connectivity index (χ3n) is 3.31. The highest BCUT2D eigenvalue weighted by atomic mass is 19.4. The van der Waals surface area contributed by atoms with Crippen molar-refractivity contribution < 1.29 is 32.2 Å². The summed E-state index contributed by atoms with van der Waals surface area (Å²) in [7, 11) is 0. The number of unbranched alkanes of at least 4 members (excludes halogenated alkanes) is 1. The Kier molecular flexibility index (Phi) is 4.73. The Labute approximate surface area is 125 Å². The second kappa shape index (κ2) is 6.37. The van der Waals surface area contributed by atoms with E-state index in [1.54, 1.807) is 0 Å². The van der Waals surface area contributed by atoms with Gasteiger partial charge in [-0.3, -0.25) is 4.79 Å². The molecule has 0 aliphatic carbocycles. The van der Waals surface area contributed by atoms with E-state index in [0.29, 0.717) is 0 Å². The highest BCUT2D eigenvalue weighted by Crippen LogP contribution is 2.37. The molecule has 1 aliphatic heterocycles. The first-order chi connectivity index (χ1) is 10.3. The van der Waals surface area contributed by atoms with Crippen molar-refractivity contribution in [2.75, 3.05) is 6.61 Å². The van der Waals surface area contributed by atoms with Crippen molar-refractivity contribution in [3.63, 3.8) is 0 Å². The van der Waals surface area contributed by atoms with Crippen LogP contribution < -0.4 is 0 Å². The average Bonchev–Trinajstić information content (AvgIpc) is 2.74. The van der Waals surface area contributed by atoms with Crippen molar-refractivity contribution in [2.45, 2.75) is 38.5 Å². The number of carbonyl (C=O) groups excluding carboxylic acids is 2. The number of halogens is 3. The highest BCUT2D eigenvalue weighted by Gasteiger charge is 2.37. The fourth-order valence-electron chi connectivity index (χ4n) is 2.14. The van der Waals surface area contributed by atoms with E-state index in [9.17, 15) is 22.8 Å². The normalized spacial score (nSPS) is 17.1. The number of esters is 2. The molecule has 1 aromatic rings. The maximum absolute atomic E-state index is 12.6. The summed E-state index contributed by atoms with van der Waals surface area (Å²) in [6, 6.07) is 2.79. The Morgan fingerprint density at radius 2 is 2.09 bits per heavy atom. The summed E-state index contributed by atoms with van der Waals surface area (Å²) in [5.74, 6) is -1.40. The minimum absolute atomic E-state index is 0.152. The molecule has 1 atom stereocenters. The van der Waals surface area contributed by atoms with E-state index >= 15 is 0 Å². The van der Waals surface area contributed by atoms with Crippen LogP contribution in [0.4, 0.5) is 13.2 Å². The number of cyclic esters (lactones) is 1. The van der Waals surface area contributed by atoms with E-state index in [0.717, 1.165) is 25.0 Å². The monoisotopic (exact) mass is 316 g/mol. The SMILES string of the molecule is CCCCOC(=O)CC1OC(=O)c2cc(C(F)(F)F)ccc21. The molecule has 0 aromatic heterocycles. The predicted molar refractivity (Wildman–Crippen MR) is 70.1 cm³/mol. The second-order valence-electron chi connectivity index (χ2n) is 4.97. The van der Waals surface area contributed by atoms with Crippen LogP contribution in [0.15, 0.2) is 18.2 Å². The summed E-state index contributed by atoms with van der Waals surface area (Å²) in [5, 5.41) is 0. The topological polar surface area (TPSA) is 52.6 Å². The summed E-state index contributed by atoms with van der Waals surface area (Å²) in [6.07, 6.45) is -4.03. The van der Waals surface area contributed by atoms with Gasteiger partial charge in [-0.25, -0.2) is 4.79 Å². The van der Waals surface area contributed by atoms with Crippen molar-refractivity contribution in [2.24, 2.45) is 0 Å². The van der Waals surface area contributed by atoms with Crippen molar-refractivity contribution in [1.82, 2.24) is 0 Å². The maximum Gasteiger partial charge on any atom is 0.416 e. The molecule has 0 N–H and O–H groups in total. The van der Waals surface area contributed by atoms with Gasteiger partial charge in [-0.2, -0.15) is 13.2 Å². The molecule has 4 nitrogen and oxygen atoms in total. The molecule has 2 rings (SSSR count). The molecule has 1 unspecified atom stereocenters. The van der Waals surface area contributed by atoms with E-state index in [4.69, 9.17) is 9.47 Å². The van der Waals surface area contributed by atoms with Crippen molar-refractivity contribution in [3.05, 3.63) is 34.9 Å². The van der Waals surface area contributed by atoms with Crippen LogP contribution in [0.1, 0.15) is 53.8 Å². The summed E-state index contributed by atoms with van der Waals surface area (Å²) >= 11 is 0. The number of carbonyl (C=O) groups is 2. The summed E-state index contributed by atoms with van der Waals surface area (Å²) < 4.78 is 47.8. The third-order valence-corrected chi connectivity index (χ3v) is 3.31. The van der Waals surface area contributed by atoms with Crippen molar-refractivity contribution >= 4 is 11.9 Å². The number of rotatable bonds is 5. The molecule has 7 heteroatoms. The fourth-order valence-corrected chi connectivity index (χ4v) is 2.14. The molecule has 0 saturated heterocycles. The maximum atomic E-state index is 12.6. The summed E-state index contributed by atoms with van der Waals surface area (Å²) in [6.45, 7) is 2.22. The molecule has 0 saturated carbocycles. The lowest BCUT2D eigenvalue weighted by Gasteiger charge is -2.11. The lowest BCUT2D eigenvalue weighted by molar-refractivity contribution is -0.146. The Morgan fingerprint density at radius 3 is 2.73 bits per heavy atom. The minimum atomic E-state index is -4.54. The molecular weight excluding hydrogens is 301 g/mol. The van der Waals surface area contributed by atoms with Crippen LogP contribution in [0.2, 0.25) is 0 Å². The van der Waals surface area contributed by atoms with Gasteiger partial charge in [0, 0.05) is 5.56 Å². The van der Waals surface area contributed by atoms with Crippen molar-refractivity contribution in [3.8, 4) is 0 Å². The first kappa shape index (κ1) is 16.3. The van der Waals surface area contributed by atoms with Crippen LogP contribution in [-0.4, -0.2) is 18.5 Å². The Morgan fingerprint density at radius 1 is 1.36 bits per heavy atom. The molecule has 1 aromatic carbocycles. The summed E-state index contributed by atoms with van der Waals surface area (Å²) in [5.41, 5.74) is -0.791. The number of ether oxygens (including phenoxy) is 2. The van der Waals surface area contributed by atoms with Gasteiger partial charge in [0.1, 0.15) is 6.10 Å². The van der Waals surface area contributed by atoms with Crippen LogP contribution in [0.5, 0.6) is 0 Å². The number of alkyl halides is 3. The molecule has 0 fully saturated rings. The van der Waals surface area contributed by atoms with Crippen LogP contribution in [0, 0.1) is 0 Å². The molecule has 120 valence electrons. The quantitative estimate of drug-likeness (QED) is 0.614. The summed E-state index contributed by atoms with van der Waals surface area (Å²) in [4.78, 5) is 23.3. The van der Waals surface area contributed by atoms with Crippen LogP contribution in [0.25, 0.3) is 0 Å². The first-order valence-corrected chi connectivity index (χ1v) is 6.90. The van der Waals surface area contributed by atoms with E-state index in [2.05, 4.69) is 0 Å². The molecule has 22 heavy (non-hydrogen) atoms. The standard InChI is InChI=1S/C15H15F3O4/c1-2-3-6-21-13(19)8-12-10-5-4-9(15(16,17)18)7-11(10)14(20)22-12/h4-5,7,12H,2-3,6,8H2,1H3. The van der Waals surface area contributed by atoms with Gasteiger partial charge in [0.25, 0.3) is 0 Å². The van der Waals surface area contributed by atoms with E-state index in [1.807, 2.05) is 6.92 Å². The van der Waals surface area contributed by atoms with Gasteiger partial charge in [-0.1, -0.05) is 19.4 Å². The zero-order valence-corrected chi connectivity index (χ0v) is 11.9. The average molecular weight is 316 g/mol. The number of hydrogen-bond donors (Lipinski definition) is 0. The second-order valence-corrected chi connectivity index (χ2v) is 4.97. The molecule has 0 spiro atoms. The number of fused-ring (bicyclic) bond motifs is 1. The zero-order chi connectivity index (χ0) is 16.3. The van der Waals surface area contributed by atoms with Gasteiger partial charge < -0.3 is 9.47 Å². The Balaban J connectivity index is 2.10. The third kappa shape index (κ3) is 3.58. The number of benzene rings is 1. The fraction of sp³-hybridized carbons (Fsp3) is 0.467. The molecular formula is C15H15F3O4. The van der Waals surface area contributed by atoms with Gasteiger partial charge in [0.15, 0.2) is 0 Å². The lowest BCUT2D eigenvalue weighted by atomic mass is 10.0. The van der Waals surface area contributed by atoms with Gasteiger partial charge >= 0.3 is 18.1 Å². The molecule has 1 heterocycles. The number of hydrogen-bond acceptors (Lipinski definition) is 4. The molecule has 0 bridgehead atoms. The van der Waals surface area contributed by atoms with Gasteiger partial charge in [-0.05, 0) is 18.6 Å². The first-order valence-electron chi connectivity index (χ1n) is 6.90. The molecule has 1 aliphatic rings. The lowest BCUT2D eigenvalue weighted by Crippen LogP contribution is -2.11. The van der Waals surface area contributed by atoms with Crippen LogP contribution >= 0.6 is 0 Å². The smallest absolute Gasteiger partial charge is 0.416 e. The Hall–Kier alpha value is -2.05. The minimum Gasteiger partial charge on any atom is -0.466 e. The van der Waals surface area contributed by atoms with E-state index < -0.39 is 29.8 Å². The highest BCUT2D eigenvalue weighted by molar-refractivity contribution is 5.94. The van der Waals surface area contributed by atoms with Crippen LogP contribution in [0.3, 0.4) is 0 Å². The van der Waals surface area contributed by atoms with Crippen molar-refractivity contribution in [1.29, 1.82) is 0 Å². The van der Waals surface area contributed by atoms with Gasteiger partial charge in [0.05, 0.1) is 24.2 Å². The Bertz CT molecular complexity index is 581. The van der Waals surface area contributed by atoms with Crippen LogP contribution in [-0.2, 0) is 20.4 Å². The zero-order valence-electron chi connectivity index (χ0n) is 11.9.